The van der Waals surface area contributed by atoms with Gasteiger partial charge in [-0.1, -0.05) is 49.3 Å². The molecule has 0 saturated carbocycles. The van der Waals surface area contributed by atoms with E-state index in [2.05, 4.69) is 15.5 Å². The van der Waals surface area contributed by atoms with Crippen LogP contribution in [0.5, 0.6) is 0 Å². The summed E-state index contributed by atoms with van der Waals surface area (Å²) in [5, 5.41) is 6.65. The maximum atomic E-state index is 11.5. The van der Waals surface area contributed by atoms with E-state index >= 15 is 0 Å². The smallest absolute Gasteiger partial charge is 0.246 e. The van der Waals surface area contributed by atoms with E-state index in [0.717, 1.165) is 5.56 Å². The molecule has 0 atom stereocenters. The Morgan fingerprint density at radius 1 is 1.32 bits per heavy atom. The van der Waals surface area contributed by atoms with Crippen molar-refractivity contribution in [3.8, 4) is 11.4 Å². The summed E-state index contributed by atoms with van der Waals surface area (Å²) in [6.07, 6.45) is 0.500. The van der Waals surface area contributed by atoms with E-state index in [9.17, 15) is 4.79 Å². The van der Waals surface area contributed by atoms with Gasteiger partial charge >= 0.3 is 0 Å². The zero-order chi connectivity index (χ0) is 13.7. The number of rotatable bonds is 5. The first-order valence-electron chi connectivity index (χ1n) is 6.30. The summed E-state index contributed by atoms with van der Waals surface area (Å²) >= 11 is 0. The Balaban J connectivity index is 1.93. The summed E-state index contributed by atoms with van der Waals surface area (Å²) < 4.78 is 5.10. The van der Waals surface area contributed by atoms with Gasteiger partial charge in [-0.2, -0.15) is 4.98 Å². The van der Waals surface area contributed by atoms with Crippen molar-refractivity contribution in [2.45, 2.75) is 26.8 Å². The van der Waals surface area contributed by atoms with Crippen molar-refractivity contribution < 1.29 is 9.32 Å². The van der Waals surface area contributed by atoms with Gasteiger partial charge in [0.15, 0.2) is 0 Å². The molecule has 1 N–H and O–H groups in total. The quantitative estimate of drug-likeness (QED) is 0.895. The van der Waals surface area contributed by atoms with Crippen molar-refractivity contribution >= 4 is 5.91 Å². The summed E-state index contributed by atoms with van der Waals surface area (Å²) in [7, 11) is 0. The molecule has 0 aliphatic carbocycles. The first kappa shape index (κ1) is 13.3. The Hall–Kier alpha value is -2.17. The molecule has 0 aliphatic rings. The van der Waals surface area contributed by atoms with Gasteiger partial charge in [-0.15, -0.1) is 0 Å². The molecule has 1 aromatic carbocycles. The first-order valence-corrected chi connectivity index (χ1v) is 6.30. The van der Waals surface area contributed by atoms with Crippen LogP contribution in [0.1, 0.15) is 26.2 Å². The third-order valence-electron chi connectivity index (χ3n) is 2.53. The lowest BCUT2D eigenvalue weighted by Gasteiger charge is -2.03. The van der Waals surface area contributed by atoms with Gasteiger partial charge in [0.05, 0.1) is 6.54 Å². The predicted octanol–water partition coefficient (Wildman–Crippen LogP) is 2.40. The number of carbonyl (C=O) groups excluding carboxylic acids is 1. The fraction of sp³-hybridized carbons (Fsp3) is 0.357. The maximum absolute atomic E-state index is 11.5. The number of benzene rings is 1. The summed E-state index contributed by atoms with van der Waals surface area (Å²) in [4.78, 5) is 15.7. The van der Waals surface area contributed by atoms with Crippen LogP contribution in [0, 0.1) is 5.92 Å². The molecule has 1 amide bonds. The van der Waals surface area contributed by atoms with Gasteiger partial charge in [-0.3, -0.25) is 4.79 Å². The van der Waals surface area contributed by atoms with Crippen LogP contribution in [-0.4, -0.2) is 16.0 Å². The molecule has 1 heterocycles. The molecule has 2 aromatic rings. The molecule has 2 rings (SSSR count). The minimum atomic E-state index is -0.00513. The minimum Gasteiger partial charge on any atom is -0.347 e. The van der Waals surface area contributed by atoms with Crippen LogP contribution in [-0.2, 0) is 11.3 Å². The summed E-state index contributed by atoms with van der Waals surface area (Å²) in [5.74, 6) is 1.28. The van der Waals surface area contributed by atoms with Crippen LogP contribution < -0.4 is 5.32 Å². The van der Waals surface area contributed by atoms with E-state index in [1.165, 1.54) is 0 Å². The van der Waals surface area contributed by atoms with E-state index in [1.807, 2.05) is 44.2 Å². The highest BCUT2D eigenvalue weighted by Crippen LogP contribution is 2.14. The summed E-state index contributed by atoms with van der Waals surface area (Å²) in [6, 6.07) is 9.57. The molecular weight excluding hydrogens is 242 g/mol. The highest BCUT2D eigenvalue weighted by molar-refractivity contribution is 5.75. The number of aromatic nitrogens is 2. The van der Waals surface area contributed by atoms with Gasteiger partial charge in [-0.05, 0) is 5.92 Å². The molecule has 0 bridgehead atoms. The van der Waals surface area contributed by atoms with Gasteiger partial charge in [0, 0.05) is 12.0 Å². The lowest BCUT2D eigenvalue weighted by Crippen LogP contribution is -2.24. The third-order valence-corrected chi connectivity index (χ3v) is 2.53. The number of nitrogens with one attached hydrogen (secondary N) is 1. The van der Waals surface area contributed by atoms with Gasteiger partial charge < -0.3 is 9.84 Å². The molecule has 0 aliphatic heterocycles. The van der Waals surface area contributed by atoms with Gasteiger partial charge in [0.2, 0.25) is 17.6 Å². The predicted molar refractivity (Wildman–Crippen MR) is 71.0 cm³/mol. The van der Waals surface area contributed by atoms with Crippen LogP contribution in [0.25, 0.3) is 11.4 Å². The largest absolute Gasteiger partial charge is 0.347 e. The summed E-state index contributed by atoms with van der Waals surface area (Å²) in [6.45, 7) is 4.27. The van der Waals surface area contributed by atoms with Crippen molar-refractivity contribution in [2.75, 3.05) is 0 Å². The molecule has 1 aromatic heterocycles. The molecular formula is C14H17N3O2. The molecule has 0 unspecified atom stereocenters. The number of carbonyl (C=O) groups is 1. The Morgan fingerprint density at radius 3 is 2.74 bits per heavy atom. The zero-order valence-electron chi connectivity index (χ0n) is 11.1. The number of hydrogen-bond donors (Lipinski definition) is 1. The van der Waals surface area contributed by atoms with E-state index in [1.54, 1.807) is 0 Å². The normalized spacial score (nSPS) is 10.7. The van der Waals surface area contributed by atoms with Crippen molar-refractivity contribution in [3.05, 3.63) is 36.2 Å². The Morgan fingerprint density at radius 2 is 2.05 bits per heavy atom. The second-order valence-electron chi connectivity index (χ2n) is 4.75. The highest BCUT2D eigenvalue weighted by atomic mass is 16.5. The molecule has 0 radical (unpaired) electrons. The fourth-order valence-electron chi connectivity index (χ4n) is 1.65. The average molecular weight is 259 g/mol. The standard InChI is InChI=1S/C14H17N3O2/c1-10(2)8-12(18)15-9-13-16-14(17-19-13)11-6-4-3-5-7-11/h3-7,10H,8-9H2,1-2H3,(H,15,18). The van der Waals surface area contributed by atoms with E-state index in [0.29, 0.717) is 24.1 Å². The average Bonchev–Trinajstić information content (AvgIpc) is 2.85. The van der Waals surface area contributed by atoms with E-state index in [4.69, 9.17) is 4.52 Å². The van der Waals surface area contributed by atoms with Crippen LogP contribution in [0.3, 0.4) is 0 Å². The Labute approximate surface area is 112 Å². The lowest BCUT2D eigenvalue weighted by molar-refractivity contribution is -0.122. The van der Waals surface area contributed by atoms with Crippen LogP contribution in [0.4, 0.5) is 0 Å². The third kappa shape index (κ3) is 3.91. The van der Waals surface area contributed by atoms with Gasteiger partial charge in [0.25, 0.3) is 0 Å². The zero-order valence-corrected chi connectivity index (χ0v) is 11.1. The molecule has 0 saturated heterocycles. The van der Waals surface area contributed by atoms with Crippen LogP contribution in [0.2, 0.25) is 0 Å². The van der Waals surface area contributed by atoms with Crippen LogP contribution >= 0.6 is 0 Å². The van der Waals surface area contributed by atoms with Crippen molar-refractivity contribution in [1.29, 1.82) is 0 Å². The summed E-state index contributed by atoms with van der Waals surface area (Å²) in [5.41, 5.74) is 0.894. The fourth-order valence-corrected chi connectivity index (χ4v) is 1.65. The maximum Gasteiger partial charge on any atom is 0.246 e. The van der Waals surface area contributed by atoms with Gasteiger partial charge in [0.1, 0.15) is 0 Å². The Kier molecular flexibility index (Phi) is 4.28. The SMILES string of the molecule is CC(C)CC(=O)NCc1nc(-c2ccccc2)no1. The topological polar surface area (TPSA) is 68.0 Å². The molecule has 5 heteroatoms. The van der Waals surface area contributed by atoms with Crippen molar-refractivity contribution in [1.82, 2.24) is 15.5 Å². The number of nitrogens with zero attached hydrogens (tertiary/aromatic N) is 2. The lowest BCUT2D eigenvalue weighted by atomic mass is 10.1. The molecule has 19 heavy (non-hydrogen) atoms. The highest BCUT2D eigenvalue weighted by Gasteiger charge is 2.10. The molecule has 0 spiro atoms. The van der Waals surface area contributed by atoms with Crippen molar-refractivity contribution in [3.63, 3.8) is 0 Å². The number of hydrogen-bond acceptors (Lipinski definition) is 4. The van der Waals surface area contributed by atoms with Gasteiger partial charge in [-0.25, -0.2) is 0 Å². The number of amides is 1. The molecule has 0 fully saturated rings. The minimum absolute atomic E-state index is 0.00513. The van der Waals surface area contributed by atoms with Crippen molar-refractivity contribution in [2.24, 2.45) is 5.92 Å². The van der Waals surface area contributed by atoms with E-state index in [-0.39, 0.29) is 12.5 Å². The van der Waals surface area contributed by atoms with Crippen LogP contribution in [0.15, 0.2) is 34.9 Å². The monoisotopic (exact) mass is 259 g/mol. The van der Waals surface area contributed by atoms with E-state index < -0.39 is 0 Å². The first-order chi connectivity index (χ1) is 9.15. The molecule has 100 valence electrons. The molecule has 5 nitrogen and oxygen atoms in total. The second kappa shape index (κ2) is 6.13. The Bertz CT molecular complexity index is 535. The second-order valence-corrected chi connectivity index (χ2v) is 4.75.